The SMILES string of the molecule is C=CCOC(=O)Nc1ncnc2nc[nH]c12. The van der Waals surface area contributed by atoms with Crippen LogP contribution >= 0.6 is 0 Å². The number of aromatic amines is 1. The summed E-state index contributed by atoms with van der Waals surface area (Å²) >= 11 is 0. The average molecular weight is 219 g/mol. The second-order valence-electron chi connectivity index (χ2n) is 2.84. The fourth-order valence-electron chi connectivity index (χ4n) is 1.13. The first-order valence-corrected chi connectivity index (χ1v) is 4.50. The van der Waals surface area contributed by atoms with Crippen LogP contribution in [0.4, 0.5) is 10.6 Å². The summed E-state index contributed by atoms with van der Waals surface area (Å²) < 4.78 is 4.76. The number of hydrogen-bond donors (Lipinski definition) is 2. The molecule has 0 aliphatic carbocycles. The molecule has 7 heteroatoms. The van der Waals surface area contributed by atoms with E-state index in [2.05, 4.69) is 31.8 Å². The molecule has 2 aromatic heterocycles. The van der Waals surface area contributed by atoms with Crippen LogP contribution in [0.2, 0.25) is 0 Å². The summed E-state index contributed by atoms with van der Waals surface area (Å²) in [6.45, 7) is 3.58. The normalized spacial score (nSPS) is 10.0. The third-order valence-corrected chi connectivity index (χ3v) is 1.78. The van der Waals surface area contributed by atoms with Crippen molar-refractivity contribution in [3.8, 4) is 0 Å². The number of nitrogens with zero attached hydrogens (tertiary/aromatic N) is 3. The van der Waals surface area contributed by atoms with Gasteiger partial charge in [0, 0.05) is 0 Å². The first-order valence-electron chi connectivity index (χ1n) is 4.50. The zero-order valence-electron chi connectivity index (χ0n) is 8.30. The highest BCUT2D eigenvalue weighted by molar-refractivity contribution is 5.93. The summed E-state index contributed by atoms with van der Waals surface area (Å²) in [5.41, 5.74) is 1.03. The van der Waals surface area contributed by atoms with Crippen LogP contribution in [0.25, 0.3) is 11.2 Å². The van der Waals surface area contributed by atoms with Gasteiger partial charge < -0.3 is 9.72 Å². The lowest BCUT2D eigenvalue weighted by Gasteiger charge is -2.04. The van der Waals surface area contributed by atoms with Gasteiger partial charge in [0.2, 0.25) is 0 Å². The number of imidazole rings is 1. The zero-order valence-corrected chi connectivity index (χ0v) is 8.30. The minimum atomic E-state index is -0.602. The standard InChI is InChI=1S/C9H9N5O2/c1-2-3-16-9(15)14-8-6-7(11-4-10-6)12-5-13-8/h2,4-5H,1,3H2,(H2,10,11,12,13,14,15). The van der Waals surface area contributed by atoms with Crippen LogP contribution in [0.5, 0.6) is 0 Å². The van der Waals surface area contributed by atoms with Gasteiger partial charge in [-0.1, -0.05) is 12.7 Å². The molecular weight excluding hydrogens is 210 g/mol. The van der Waals surface area contributed by atoms with Gasteiger partial charge in [0.1, 0.15) is 18.5 Å². The molecule has 82 valence electrons. The molecule has 0 saturated carbocycles. The molecule has 7 nitrogen and oxygen atoms in total. The lowest BCUT2D eigenvalue weighted by atomic mass is 10.5. The number of nitrogens with one attached hydrogen (secondary N) is 2. The molecule has 0 fully saturated rings. The van der Waals surface area contributed by atoms with Crippen LogP contribution in [0.15, 0.2) is 25.3 Å². The van der Waals surface area contributed by atoms with Crippen LogP contribution < -0.4 is 5.32 Å². The van der Waals surface area contributed by atoms with Gasteiger partial charge in [-0.15, -0.1) is 0 Å². The fourth-order valence-corrected chi connectivity index (χ4v) is 1.13. The lowest BCUT2D eigenvalue weighted by Crippen LogP contribution is -2.15. The maximum absolute atomic E-state index is 11.3. The maximum Gasteiger partial charge on any atom is 0.413 e. The third-order valence-electron chi connectivity index (χ3n) is 1.78. The topological polar surface area (TPSA) is 92.8 Å². The Balaban J connectivity index is 2.17. The van der Waals surface area contributed by atoms with Crippen molar-refractivity contribution >= 4 is 23.1 Å². The van der Waals surface area contributed by atoms with Crippen molar-refractivity contribution in [2.75, 3.05) is 11.9 Å². The van der Waals surface area contributed by atoms with Gasteiger partial charge in [-0.05, 0) is 0 Å². The summed E-state index contributed by atoms with van der Waals surface area (Å²) in [4.78, 5) is 25.8. The Labute approximate surface area is 90.6 Å². The van der Waals surface area contributed by atoms with Crippen LogP contribution in [0, 0.1) is 0 Å². The molecule has 1 amide bonds. The van der Waals surface area contributed by atoms with Gasteiger partial charge in [-0.3, -0.25) is 5.32 Å². The van der Waals surface area contributed by atoms with Crippen molar-refractivity contribution in [1.29, 1.82) is 0 Å². The Morgan fingerprint density at radius 3 is 3.25 bits per heavy atom. The van der Waals surface area contributed by atoms with E-state index in [0.29, 0.717) is 17.0 Å². The number of ether oxygens (including phenoxy) is 1. The number of carbonyl (C=O) groups excluding carboxylic acids is 1. The number of aromatic nitrogens is 4. The zero-order chi connectivity index (χ0) is 11.4. The fraction of sp³-hybridized carbons (Fsp3) is 0.111. The average Bonchev–Trinajstić information content (AvgIpc) is 2.75. The molecule has 0 aliphatic rings. The van der Waals surface area contributed by atoms with Gasteiger partial charge >= 0.3 is 6.09 Å². The summed E-state index contributed by atoms with van der Waals surface area (Å²) in [7, 11) is 0. The first-order chi connectivity index (χ1) is 7.81. The van der Waals surface area contributed by atoms with E-state index in [-0.39, 0.29) is 6.61 Å². The van der Waals surface area contributed by atoms with Crippen LogP contribution in [0.1, 0.15) is 0 Å². The van der Waals surface area contributed by atoms with E-state index in [1.165, 1.54) is 18.7 Å². The highest BCUT2D eigenvalue weighted by Crippen LogP contribution is 2.14. The number of carbonyl (C=O) groups is 1. The van der Waals surface area contributed by atoms with Gasteiger partial charge in [0.05, 0.1) is 6.33 Å². The molecule has 16 heavy (non-hydrogen) atoms. The number of amides is 1. The van der Waals surface area contributed by atoms with Gasteiger partial charge in [0.15, 0.2) is 11.5 Å². The minimum absolute atomic E-state index is 0.142. The van der Waals surface area contributed by atoms with Crippen LogP contribution in [0.3, 0.4) is 0 Å². The van der Waals surface area contributed by atoms with E-state index in [1.54, 1.807) is 0 Å². The largest absolute Gasteiger partial charge is 0.445 e. The first kappa shape index (κ1) is 10.1. The second kappa shape index (κ2) is 4.39. The van der Waals surface area contributed by atoms with Crippen molar-refractivity contribution < 1.29 is 9.53 Å². The molecule has 0 bridgehead atoms. The van der Waals surface area contributed by atoms with E-state index in [1.807, 2.05) is 0 Å². The molecule has 0 spiro atoms. The van der Waals surface area contributed by atoms with Crippen LogP contribution in [-0.4, -0.2) is 32.6 Å². The third kappa shape index (κ3) is 1.97. The second-order valence-corrected chi connectivity index (χ2v) is 2.84. The van der Waals surface area contributed by atoms with Crippen molar-refractivity contribution in [3.05, 3.63) is 25.3 Å². The van der Waals surface area contributed by atoms with E-state index >= 15 is 0 Å². The molecule has 2 rings (SSSR count). The maximum atomic E-state index is 11.3. The summed E-state index contributed by atoms with van der Waals surface area (Å²) in [5, 5.41) is 2.47. The Morgan fingerprint density at radius 1 is 1.56 bits per heavy atom. The summed E-state index contributed by atoms with van der Waals surface area (Å²) in [6, 6.07) is 0. The van der Waals surface area contributed by atoms with E-state index in [9.17, 15) is 4.79 Å². The molecule has 2 heterocycles. The Kier molecular flexibility index (Phi) is 2.77. The predicted molar refractivity (Wildman–Crippen MR) is 56.9 cm³/mol. The van der Waals surface area contributed by atoms with Crippen LogP contribution in [-0.2, 0) is 4.74 Å². The molecular formula is C9H9N5O2. The number of fused-ring (bicyclic) bond motifs is 1. The van der Waals surface area contributed by atoms with Crippen molar-refractivity contribution in [3.63, 3.8) is 0 Å². The van der Waals surface area contributed by atoms with E-state index < -0.39 is 6.09 Å². The van der Waals surface area contributed by atoms with E-state index in [0.717, 1.165) is 0 Å². The molecule has 0 aromatic carbocycles. The number of hydrogen-bond acceptors (Lipinski definition) is 5. The smallest absolute Gasteiger partial charge is 0.413 e. The van der Waals surface area contributed by atoms with Crippen molar-refractivity contribution in [2.24, 2.45) is 0 Å². The molecule has 0 radical (unpaired) electrons. The molecule has 2 N–H and O–H groups in total. The summed E-state index contributed by atoms with van der Waals surface area (Å²) in [5.74, 6) is 0.330. The Bertz CT molecular complexity index is 521. The summed E-state index contributed by atoms with van der Waals surface area (Å²) in [6.07, 6.45) is 3.66. The molecule has 0 aliphatic heterocycles. The molecule has 0 saturated heterocycles. The highest BCUT2D eigenvalue weighted by Gasteiger charge is 2.09. The minimum Gasteiger partial charge on any atom is -0.445 e. The number of H-pyrrole nitrogens is 1. The molecule has 0 atom stereocenters. The van der Waals surface area contributed by atoms with Gasteiger partial charge in [-0.2, -0.15) is 0 Å². The van der Waals surface area contributed by atoms with E-state index in [4.69, 9.17) is 4.74 Å². The van der Waals surface area contributed by atoms with Crippen molar-refractivity contribution in [2.45, 2.75) is 0 Å². The van der Waals surface area contributed by atoms with Crippen molar-refractivity contribution in [1.82, 2.24) is 19.9 Å². The Hall–Kier alpha value is -2.44. The highest BCUT2D eigenvalue weighted by atomic mass is 16.5. The lowest BCUT2D eigenvalue weighted by molar-refractivity contribution is 0.174. The Morgan fingerprint density at radius 2 is 2.44 bits per heavy atom. The quantitative estimate of drug-likeness (QED) is 0.753. The molecule has 0 unspecified atom stereocenters. The molecule has 2 aromatic rings. The number of rotatable bonds is 3. The van der Waals surface area contributed by atoms with Gasteiger partial charge in [0.25, 0.3) is 0 Å². The number of anilines is 1. The monoisotopic (exact) mass is 219 g/mol. The predicted octanol–water partition coefficient (Wildman–Crippen LogP) is 1.09. The van der Waals surface area contributed by atoms with Gasteiger partial charge in [-0.25, -0.2) is 19.7 Å².